The summed E-state index contributed by atoms with van der Waals surface area (Å²) in [5.41, 5.74) is 6.75. The Labute approximate surface area is 198 Å². The van der Waals surface area contributed by atoms with Crippen molar-refractivity contribution in [2.24, 2.45) is 5.73 Å². The molecule has 0 aliphatic heterocycles. The van der Waals surface area contributed by atoms with E-state index in [1.165, 1.54) is 0 Å². The Morgan fingerprint density at radius 1 is 0.618 bits per heavy atom. The quantitative estimate of drug-likeness (QED) is 0.260. The zero-order valence-corrected chi connectivity index (χ0v) is 19.3. The Morgan fingerprint density at radius 2 is 0.941 bits per heavy atom. The van der Waals surface area contributed by atoms with Crippen LogP contribution < -0.4 is 32.3 Å². The third-order valence-electron chi connectivity index (χ3n) is 4.98. The largest absolute Gasteiger partial charge is 0.395 e. The number of primary amides is 1. The van der Waals surface area contributed by atoms with Gasteiger partial charge in [0.2, 0.25) is 5.91 Å². The number of hydrogen-bond acceptors (Lipinski definition) is 5. The van der Waals surface area contributed by atoms with Crippen LogP contribution in [-0.4, -0.2) is 54.2 Å². The molecule has 0 atom stereocenters. The van der Waals surface area contributed by atoms with Gasteiger partial charge in [-0.05, 0) is 60.2 Å². The summed E-state index contributed by atoms with van der Waals surface area (Å²) < 4.78 is 0. The van der Waals surface area contributed by atoms with Crippen LogP contribution in [0.5, 0.6) is 0 Å². The van der Waals surface area contributed by atoms with Crippen LogP contribution in [0.25, 0.3) is 0 Å². The molecular weight excluding hydrogens is 453 g/mol. The van der Waals surface area contributed by atoms with Gasteiger partial charge in [0.25, 0.3) is 11.8 Å². The van der Waals surface area contributed by atoms with Gasteiger partial charge < -0.3 is 26.6 Å². The van der Waals surface area contributed by atoms with E-state index >= 15 is 0 Å². The summed E-state index contributed by atoms with van der Waals surface area (Å²) in [5.74, 6) is -1.05. The van der Waals surface area contributed by atoms with Crippen molar-refractivity contribution in [1.29, 1.82) is 0 Å². The van der Waals surface area contributed by atoms with Gasteiger partial charge in [-0.25, -0.2) is 0 Å². The fourth-order valence-electron chi connectivity index (χ4n) is 3.29. The highest BCUT2D eigenvalue weighted by Gasteiger charge is 2.18. The van der Waals surface area contributed by atoms with Crippen LogP contribution >= 0.6 is 7.92 Å². The smallest absolute Gasteiger partial charge is 0.251 e. The standard InChI is InChI=1S/C25H26N3O5P/c26-23(31)17-1-7-20(8-2-17)34(21-9-3-18(4-10-21)24(32)27-13-15-29)22-11-5-19(6-12-22)25(33)28-14-16-30/h1-12,29-30H,13-16H2,(H2,26,31)(H,27,32)(H,28,33). The van der Waals surface area contributed by atoms with E-state index in [2.05, 4.69) is 10.6 Å². The predicted octanol–water partition coefficient (Wildman–Crippen LogP) is -0.0121. The Bertz CT molecular complexity index is 1070. The molecule has 0 bridgehead atoms. The molecule has 8 nitrogen and oxygen atoms in total. The molecule has 34 heavy (non-hydrogen) atoms. The van der Waals surface area contributed by atoms with Crippen molar-refractivity contribution >= 4 is 41.6 Å². The normalized spacial score (nSPS) is 10.7. The average molecular weight is 479 g/mol. The second-order valence-corrected chi connectivity index (χ2v) is 9.52. The minimum atomic E-state index is -1.06. The number of hydrogen-bond donors (Lipinski definition) is 5. The molecule has 0 spiro atoms. The molecule has 3 rings (SSSR count). The lowest BCUT2D eigenvalue weighted by atomic mass is 10.2. The lowest BCUT2D eigenvalue weighted by molar-refractivity contribution is 0.0937. The number of nitrogens with two attached hydrogens (primary N) is 1. The molecule has 6 N–H and O–H groups in total. The van der Waals surface area contributed by atoms with Gasteiger partial charge in [0.1, 0.15) is 0 Å². The van der Waals surface area contributed by atoms with Gasteiger partial charge in [-0.3, -0.25) is 14.4 Å². The van der Waals surface area contributed by atoms with Gasteiger partial charge in [0.05, 0.1) is 13.2 Å². The molecule has 0 saturated carbocycles. The van der Waals surface area contributed by atoms with Crippen LogP contribution in [0, 0.1) is 0 Å². The minimum Gasteiger partial charge on any atom is -0.395 e. The molecule has 0 saturated heterocycles. The van der Waals surface area contributed by atoms with Gasteiger partial charge in [0, 0.05) is 29.8 Å². The van der Waals surface area contributed by atoms with E-state index in [1.807, 2.05) is 36.4 Å². The molecule has 0 unspecified atom stereocenters. The van der Waals surface area contributed by atoms with Crippen LogP contribution in [0.2, 0.25) is 0 Å². The first-order valence-electron chi connectivity index (χ1n) is 10.6. The number of aliphatic hydroxyl groups excluding tert-OH is 2. The summed E-state index contributed by atoms with van der Waals surface area (Å²) in [6.45, 7) is 0.0877. The molecule has 3 amide bonds. The van der Waals surface area contributed by atoms with E-state index in [4.69, 9.17) is 15.9 Å². The molecule has 176 valence electrons. The summed E-state index contributed by atoms with van der Waals surface area (Å²) >= 11 is 0. The first kappa shape index (κ1) is 25.1. The number of carbonyl (C=O) groups is 3. The van der Waals surface area contributed by atoms with Crippen LogP contribution in [0.3, 0.4) is 0 Å². The number of rotatable bonds is 10. The second kappa shape index (κ2) is 12.0. The van der Waals surface area contributed by atoms with Gasteiger partial charge in [-0.15, -0.1) is 0 Å². The lowest BCUT2D eigenvalue weighted by Gasteiger charge is -2.20. The van der Waals surface area contributed by atoms with Crippen molar-refractivity contribution in [1.82, 2.24) is 10.6 Å². The fourth-order valence-corrected chi connectivity index (χ4v) is 5.52. The molecule has 3 aromatic rings. The van der Waals surface area contributed by atoms with E-state index in [0.29, 0.717) is 16.7 Å². The maximum atomic E-state index is 12.2. The monoisotopic (exact) mass is 479 g/mol. The molecule has 0 fully saturated rings. The molecule has 0 heterocycles. The van der Waals surface area contributed by atoms with Gasteiger partial charge in [-0.2, -0.15) is 0 Å². The first-order valence-corrected chi connectivity index (χ1v) is 12.0. The highest BCUT2D eigenvalue weighted by atomic mass is 31.1. The maximum Gasteiger partial charge on any atom is 0.251 e. The van der Waals surface area contributed by atoms with E-state index in [0.717, 1.165) is 15.9 Å². The Balaban J connectivity index is 1.95. The first-order chi connectivity index (χ1) is 16.4. The molecule has 3 aromatic carbocycles. The van der Waals surface area contributed by atoms with Crippen LogP contribution in [0.1, 0.15) is 31.1 Å². The van der Waals surface area contributed by atoms with E-state index in [-0.39, 0.29) is 38.1 Å². The number of nitrogens with one attached hydrogen (secondary N) is 2. The highest BCUT2D eigenvalue weighted by Crippen LogP contribution is 2.33. The third-order valence-corrected chi connectivity index (χ3v) is 7.42. The van der Waals surface area contributed by atoms with Gasteiger partial charge in [0.15, 0.2) is 0 Å². The predicted molar refractivity (Wildman–Crippen MR) is 133 cm³/mol. The van der Waals surface area contributed by atoms with Crippen molar-refractivity contribution in [3.63, 3.8) is 0 Å². The van der Waals surface area contributed by atoms with E-state index in [1.54, 1.807) is 36.4 Å². The van der Waals surface area contributed by atoms with E-state index < -0.39 is 13.8 Å². The zero-order valence-electron chi connectivity index (χ0n) is 18.4. The molecule has 0 aromatic heterocycles. The summed E-state index contributed by atoms with van der Waals surface area (Å²) in [6.07, 6.45) is 0. The number of amides is 3. The zero-order chi connectivity index (χ0) is 24.5. The van der Waals surface area contributed by atoms with Crippen molar-refractivity contribution in [3.05, 3.63) is 89.5 Å². The van der Waals surface area contributed by atoms with Crippen molar-refractivity contribution in [2.45, 2.75) is 0 Å². The van der Waals surface area contributed by atoms with E-state index in [9.17, 15) is 14.4 Å². The second-order valence-electron chi connectivity index (χ2n) is 7.30. The highest BCUT2D eigenvalue weighted by molar-refractivity contribution is 7.79. The van der Waals surface area contributed by atoms with Gasteiger partial charge in [-0.1, -0.05) is 36.4 Å². The lowest BCUT2D eigenvalue weighted by Crippen LogP contribution is -2.27. The van der Waals surface area contributed by atoms with Crippen LogP contribution in [-0.2, 0) is 0 Å². The Hall–Kier alpha value is -3.58. The maximum absolute atomic E-state index is 12.2. The molecule has 9 heteroatoms. The number of aliphatic hydroxyl groups is 2. The average Bonchev–Trinajstić information content (AvgIpc) is 2.87. The van der Waals surface area contributed by atoms with Crippen molar-refractivity contribution in [2.75, 3.05) is 26.3 Å². The minimum absolute atomic E-state index is 0.134. The summed E-state index contributed by atoms with van der Waals surface area (Å²) in [6, 6.07) is 21.5. The fraction of sp³-hybridized carbons (Fsp3) is 0.160. The molecule has 0 aliphatic carbocycles. The number of benzene rings is 3. The van der Waals surface area contributed by atoms with Gasteiger partial charge >= 0.3 is 0 Å². The molecule has 0 aliphatic rings. The topological polar surface area (TPSA) is 142 Å². The Kier molecular flexibility index (Phi) is 8.87. The number of carbonyl (C=O) groups excluding carboxylic acids is 3. The molecule has 0 radical (unpaired) electrons. The molecular formula is C25H26N3O5P. The SMILES string of the molecule is NC(=O)c1ccc(P(c2ccc(C(=O)NCCO)cc2)c2ccc(C(=O)NCCO)cc2)cc1. The van der Waals surface area contributed by atoms with Crippen LogP contribution in [0.4, 0.5) is 0 Å². The summed E-state index contributed by atoms with van der Waals surface area (Å²) in [4.78, 5) is 35.9. The third kappa shape index (κ3) is 6.26. The van der Waals surface area contributed by atoms with Crippen LogP contribution in [0.15, 0.2) is 72.8 Å². The summed E-state index contributed by atoms with van der Waals surface area (Å²) in [7, 11) is -1.06. The van der Waals surface area contributed by atoms with Crippen molar-refractivity contribution < 1.29 is 24.6 Å². The Morgan fingerprint density at radius 3 is 1.24 bits per heavy atom. The van der Waals surface area contributed by atoms with Crippen molar-refractivity contribution in [3.8, 4) is 0 Å². The summed E-state index contributed by atoms with van der Waals surface area (Å²) in [5, 5.41) is 26.0.